The number of carbonyl (C=O) groups is 1. The largest absolute Gasteiger partial charge is 0.619 e. The summed E-state index contributed by atoms with van der Waals surface area (Å²) in [5.41, 5.74) is 2.98. The lowest BCUT2D eigenvalue weighted by atomic mass is 9.48. The number of amides is 1. The molecule has 1 amide bonds. The first-order valence-electron chi connectivity index (χ1n) is 9.70. The van der Waals surface area contributed by atoms with E-state index in [2.05, 4.69) is 17.4 Å². The Morgan fingerprint density at radius 3 is 2.15 bits per heavy atom. The standard InChI is InChI=1S/C22H24N2O2.ClH/c25-21(18-2-1-7-24(26)14-18)23-20-5-3-19(4-6-20)22-11-15-8-16(12-22)10-17(9-15)13-22;/h1-7,14-17H,8-13H2,(H,23,25);1H. The minimum atomic E-state index is -0.252. The summed E-state index contributed by atoms with van der Waals surface area (Å²) in [5, 5.41) is 14.2. The molecule has 1 heterocycles. The molecule has 0 spiro atoms. The summed E-state index contributed by atoms with van der Waals surface area (Å²) in [6.45, 7) is 0. The average molecular weight is 385 g/mol. The number of carbonyl (C=O) groups excluding carboxylic acids is 1. The monoisotopic (exact) mass is 384 g/mol. The van der Waals surface area contributed by atoms with E-state index in [0.29, 0.717) is 15.7 Å². The maximum atomic E-state index is 12.3. The van der Waals surface area contributed by atoms with Gasteiger partial charge < -0.3 is 10.5 Å². The van der Waals surface area contributed by atoms with E-state index < -0.39 is 0 Å². The normalized spacial score (nSPS) is 30.6. The molecule has 4 aliphatic rings. The summed E-state index contributed by atoms with van der Waals surface area (Å²) in [6.07, 6.45) is 11.0. The van der Waals surface area contributed by atoms with Crippen LogP contribution in [0.4, 0.5) is 5.69 Å². The number of nitrogens with zero attached hydrogens (tertiary/aromatic N) is 1. The van der Waals surface area contributed by atoms with E-state index in [9.17, 15) is 10.0 Å². The second-order valence-corrected chi connectivity index (χ2v) is 8.68. The smallest absolute Gasteiger partial charge is 0.261 e. The number of halogens is 1. The van der Waals surface area contributed by atoms with Gasteiger partial charge >= 0.3 is 0 Å². The molecule has 0 saturated heterocycles. The van der Waals surface area contributed by atoms with Crippen LogP contribution in [0.2, 0.25) is 0 Å². The third-order valence-electron chi connectivity index (χ3n) is 6.83. The van der Waals surface area contributed by atoms with Gasteiger partial charge in [-0.25, -0.2) is 0 Å². The Bertz CT molecular complexity index is 814. The second-order valence-electron chi connectivity index (χ2n) is 8.68. The van der Waals surface area contributed by atoms with Gasteiger partial charge in [0, 0.05) is 11.8 Å². The van der Waals surface area contributed by atoms with Crippen molar-refractivity contribution < 1.29 is 9.52 Å². The zero-order chi connectivity index (χ0) is 17.7. The second kappa shape index (κ2) is 6.83. The highest BCUT2D eigenvalue weighted by Gasteiger charge is 2.51. The highest BCUT2D eigenvalue weighted by Crippen LogP contribution is 2.60. The van der Waals surface area contributed by atoms with Crippen molar-refractivity contribution in [1.29, 1.82) is 0 Å². The summed E-state index contributed by atoms with van der Waals surface area (Å²) in [7, 11) is 0. The van der Waals surface area contributed by atoms with E-state index in [1.165, 1.54) is 56.5 Å². The highest BCUT2D eigenvalue weighted by atomic mass is 35.5. The average Bonchev–Trinajstić information content (AvgIpc) is 2.61. The summed E-state index contributed by atoms with van der Waals surface area (Å²) < 4.78 is 0.644. The van der Waals surface area contributed by atoms with Crippen LogP contribution in [-0.2, 0) is 5.41 Å². The Hall–Kier alpha value is -2.07. The summed E-state index contributed by atoms with van der Waals surface area (Å²) in [6, 6.07) is 11.7. The van der Waals surface area contributed by atoms with Gasteiger partial charge in [-0.2, -0.15) is 4.73 Å². The Morgan fingerprint density at radius 2 is 1.59 bits per heavy atom. The maximum absolute atomic E-state index is 12.3. The van der Waals surface area contributed by atoms with Gasteiger partial charge in [-0.3, -0.25) is 4.79 Å². The topological polar surface area (TPSA) is 56.0 Å². The van der Waals surface area contributed by atoms with Crippen LogP contribution in [-0.4, -0.2) is 5.91 Å². The van der Waals surface area contributed by atoms with E-state index in [1.54, 1.807) is 12.1 Å². The molecule has 5 heteroatoms. The zero-order valence-corrected chi connectivity index (χ0v) is 16.1. The van der Waals surface area contributed by atoms with E-state index in [4.69, 9.17) is 0 Å². The van der Waals surface area contributed by atoms with Crippen molar-refractivity contribution >= 4 is 24.0 Å². The number of benzene rings is 1. The molecule has 0 aliphatic heterocycles. The molecule has 1 aromatic heterocycles. The van der Waals surface area contributed by atoms with E-state index in [-0.39, 0.29) is 18.3 Å². The lowest BCUT2D eigenvalue weighted by molar-refractivity contribution is -0.605. The molecule has 27 heavy (non-hydrogen) atoms. The number of hydrogen-bond donors (Lipinski definition) is 1. The molecule has 142 valence electrons. The number of hydrogen-bond acceptors (Lipinski definition) is 2. The molecule has 4 fully saturated rings. The van der Waals surface area contributed by atoms with Gasteiger partial charge in [0.15, 0.2) is 12.4 Å². The summed E-state index contributed by atoms with van der Waals surface area (Å²) >= 11 is 0. The Kier molecular flexibility index (Phi) is 4.63. The van der Waals surface area contributed by atoms with Crippen LogP contribution in [0.25, 0.3) is 0 Å². The van der Waals surface area contributed by atoms with Crippen LogP contribution in [0.1, 0.15) is 54.4 Å². The molecule has 0 atom stereocenters. The first-order valence-corrected chi connectivity index (χ1v) is 9.70. The molecule has 1 N–H and O–H groups in total. The molecular formula is C22H25ClN2O2. The van der Waals surface area contributed by atoms with Gasteiger partial charge in [-0.05, 0) is 85.5 Å². The highest BCUT2D eigenvalue weighted by molar-refractivity contribution is 6.03. The van der Waals surface area contributed by atoms with Gasteiger partial charge in [0.2, 0.25) is 0 Å². The summed E-state index contributed by atoms with van der Waals surface area (Å²) in [4.78, 5) is 12.3. The first-order chi connectivity index (χ1) is 12.6. The molecule has 4 aliphatic carbocycles. The number of anilines is 1. The fourth-order valence-electron chi connectivity index (χ4n) is 6.16. The number of pyridine rings is 1. The molecule has 4 saturated carbocycles. The van der Waals surface area contributed by atoms with Crippen LogP contribution in [0.3, 0.4) is 0 Å². The van der Waals surface area contributed by atoms with Crippen molar-refractivity contribution in [2.24, 2.45) is 17.8 Å². The Morgan fingerprint density at radius 1 is 1.00 bits per heavy atom. The SMILES string of the molecule is Cl.O=C(Nc1ccc(C23CC4CC(CC(C4)C2)C3)cc1)c1ccc[n+]([O-])c1. The lowest BCUT2D eigenvalue weighted by Crippen LogP contribution is -2.48. The Balaban J connectivity index is 0.00000180. The van der Waals surface area contributed by atoms with Crippen molar-refractivity contribution in [2.75, 3.05) is 5.32 Å². The van der Waals surface area contributed by atoms with Crippen molar-refractivity contribution in [3.05, 3.63) is 65.1 Å². The van der Waals surface area contributed by atoms with Crippen molar-refractivity contribution in [1.82, 2.24) is 0 Å². The number of rotatable bonds is 3. The van der Waals surface area contributed by atoms with Crippen LogP contribution in [0.5, 0.6) is 0 Å². The van der Waals surface area contributed by atoms with Crippen molar-refractivity contribution in [2.45, 2.75) is 43.9 Å². The first kappa shape index (κ1) is 18.3. The number of aromatic nitrogens is 1. The predicted molar refractivity (Wildman–Crippen MR) is 107 cm³/mol. The quantitative estimate of drug-likeness (QED) is 0.627. The van der Waals surface area contributed by atoms with Gasteiger partial charge in [-0.15, -0.1) is 12.4 Å². The molecule has 0 unspecified atom stereocenters. The maximum Gasteiger partial charge on any atom is 0.261 e. The molecule has 4 bridgehead atoms. The van der Waals surface area contributed by atoms with Crippen LogP contribution in [0.15, 0.2) is 48.8 Å². The van der Waals surface area contributed by atoms with E-state index in [1.807, 2.05) is 12.1 Å². The van der Waals surface area contributed by atoms with Gasteiger partial charge in [0.25, 0.3) is 5.91 Å². The Labute approximate surface area is 166 Å². The minimum Gasteiger partial charge on any atom is -0.619 e. The van der Waals surface area contributed by atoms with Gasteiger partial charge in [0.05, 0.1) is 0 Å². The zero-order valence-electron chi connectivity index (χ0n) is 15.3. The molecule has 2 aromatic rings. The predicted octanol–water partition coefficient (Wildman–Crippen LogP) is 4.46. The molecule has 6 rings (SSSR count). The fraction of sp³-hybridized carbons (Fsp3) is 0.455. The van der Waals surface area contributed by atoms with Gasteiger partial charge in [-0.1, -0.05) is 12.1 Å². The molecule has 4 nitrogen and oxygen atoms in total. The van der Waals surface area contributed by atoms with Crippen LogP contribution < -0.4 is 10.0 Å². The molecule has 1 aromatic carbocycles. The minimum absolute atomic E-state index is 0. The third-order valence-corrected chi connectivity index (χ3v) is 6.83. The van der Waals surface area contributed by atoms with Crippen molar-refractivity contribution in [3.63, 3.8) is 0 Å². The summed E-state index contributed by atoms with van der Waals surface area (Å²) in [5.74, 6) is 2.53. The molecule has 0 radical (unpaired) electrons. The van der Waals surface area contributed by atoms with Crippen LogP contribution >= 0.6 is 12.4 Å². The third kappa shape index (κ3) is 3.31. The van der Waals surface area contributed by atoms with E-state index >= 15 is 0 Å². The fourth-order valence-corrected chi connectivity index (χ4v) is 6.16. The van der Waals surface area contributed by atoms with E-state index in [0.717, 1.165) is 23.4 Å². The molecular weight excluding hydrogens is 360 g/mol. The lowest BCUT2D eigenvalue weighted by Gasteiger charge is -2.57. The van der Waals surface area contributed by atoms with Crippen LogP contribution in [0, 0.1) is 23.0 Å². The number of nitrogens with one attached hydrogen (secondary N) is 1. The van der Waals surface area contributed by atoms with Gasteiger partial charge in [0.1, 0.15) is 5.56 Å². The van der Waals surface area contributed by atoms with Crippen molar-refractivity contribution in [3.8, 4) is 0 Å².